The van der Waals surface area contributed by atoms with Crippen LogP contribution in [0.3, 0.4) is 0 Å². The topological polar surface area (TPSA) is 24.5 Å². The van der Waals surface area contributed by atoms with Gasteiger partial charge >= 0.3 is 0 Å². The minimum atomic E-state index is 0.351. The summed E-state index contributed by atoms with van der Waals surface area (Å²) in [6.45, 7) is 7.21. The highest BCUT2D eigenvalue weighted by Gasteiger charge is 2.15. The van der Waals surface area contributed by atoms with Crippen LogP contribution in [-0.2, 0) is 17.8 Å². The molecule has 1 aliphatic rings. The molecule has 1 heterocycles. The molecule has 2 rings (SSSR count). The van der Waals surface area contributed by atoms with Crippen LogP contribution in [0.1, 0.15) is 24.5 Å². The normalized spacial score (nSPS) is 21.8. The lowest BCUT2D eigenvalue weighted by Crippen LogP contribution is -2.30. The molecule has 1 unspecified atom stereocenters. The Morgan fingerprint density at radius 2 is 2.11 bits per heavy atom. The zero-order valence-electron chi connectivity index (χ0n) is 11.5. The smallest absolute Gasteiger partial charge is 0.0674 e. The van der Waals surface area contributed by atoms with Gasteiger partial charge in [-0.05, 0) is 31.5 Å². The molecule has 0 spiro atoms. The first-order valence-corrected chi connectivity index (χ1v) is 6.85. The third kappa shape index (κ3) is 3.80. The van der Waals surface area contributed by atoms with Gasteiger partial charge in [0.05, 0.1) is 6.10 Å². The Balaban J connectivity index is 2.03. The lowest BCUT2D eigenvalue weighted by atomic mass is 10.1. The van der Waals surface area contributed by atoms with E-state index in [0.717, 1.165) is 39.2 Å². The zero-order chi connectivity index (χ0) is 12.8. The van der Waals surface area contributed by atoms with E-state index in [1.54, 1.807) is 0 Å². The average molecular weight is 248 g/mol. The van der Waals surface area contributed by atoms with Crippen LogP contribution in [0.15, 0.2) is 24.3 Å². The second-order valence-electron chi connectivity index (χ2n) is 5.07. The lowest BCUT2D eigenvalue weighted by molar-refractivity contribution is 0.0667. The van der Waals surface area contributed by atoms with Gasteiger partial charge in [0.15, 0.2) is 0 Å². The summed E-state index contributed by atoms with van der Waals surface area (Å²) in [4.78, 5) is 2.51. The molecule has 18 heavy (non-hydrogen) atoms. The highest BCUT2D eigenvalue weighted by atomic mass is 16.5. The van der Waals surface area contributed by atoms with E-state index in [4.69, 9.17) is 4.74 Å². The molecule has 1 atom stereocenters. The Hall–Kier alpha value is -0.900. The van der Waals surface area contributed by atoms with E-state index in [1.807, 2.05) is 7.05 Å². The van der Waals surface area contributed by atoms with Crippen LogP contribution in [0.2, 0.25) is 0 Å². The molecular weight excluding hydrogens is 224 g/mol. The van der Waals surface area contributed by atoms with Gasteiger partial charge in [-0.25, -0.2) is 0 Å². The number of ether oxygens (including phenoxy) is 1. The fourth-order valence-corrected chi connectivity index (χ4v) is 2.54. The molecule has 1 saturated heterocycles. The van der Waals surface area contributed by atoms with E-state index in [0.29, 0.717) is 6.10 Å². The first-order chi connectivity index (χ1) is 8.79. The predicted octanol–water partition coefficient (Wildman–Crippen LogP) is 2.02. The van der Waals surface area contributed by atoms with Crippen molar-refractivity contribution in [3.8, 4) is 0 Å². The van der Waals surface area contributed by atoms with Gasteiger partial charge in [-0.15, -0.1) is 0 Å². The molecule has 0 saturated carbocycles. The molecule has 3 heteroatoms. The highest BCUT2D eigenvalue weighted by Crippen LogP contribution is 2.14. The lowest BCUT2D eigenvalue weighted by Gasteiger charge is -2.23. The fourth-order valence-electron chi connectivity index (χ4n) is 2.54. The van der Waals surface area contributed by atoms with Crippen LogP contribution >= 0.6 is 0 Å². The second kappa shape index (κ2) is 6.88. The van der Waals surface area contributed by atoms with Crippen LogP contribution < -0.4 is 5.32 Å². The van der Waals surface area contributed by atoms with Gasteiger partial charge in [-0.2, -0.15) is 0 Å². The van der Waals surface area contributed by atoms with Gasteiger partial charge in [0.2, 0.25) is 0 Å². The Bertz CT molecular complexity index is 367. The van der Waals surface area contributed by atoms with Crippen LogP contribution in [0.4, 0.5) is 0 Å². The molecule has 100 valence electrons. The van der Waals surface area contributed by atoms with Crippen LogP contribution in [0.5, 0.6) is 0 Å². The molecule has 1 fully saturated rings. The average Bonchev–Trinajstić information content (AvgIpc) is 2.56. The number of hydrogen-bond acceptors (Lipinski definition) is 3. The molecular formula is C15H24N2O. The summed E-state index contributed by atoms with van der Waals surface area (Å²) in [6.07, 6.45) is 1.49. The molecule has 1 aliphatic heterocycles. The molecule has 0 radical (unpaired) electrons. The van der Waals surface area contributed by atoms with E-state index in [1.165, 1.54) is 11.1 Å². The van der Waals surface area contributed by atoms with Gasteiger partial charge in [0, 0.05) is 32.8 Å². The van der Waals surface area contributed by atoms with Crippen LogP contribution in [0.25, 0.3) is 0 Å². The van der Waals surface area contributed by atoms with Crippen molar-refractivity contribution in [3.05, 3.63) is 35.4 Å². The minimum absolute atomic E-state index is 0.351. The molecule has 0 aromatic heterocycles. The predicted molar refractivity (Wildman–Crippen MR) is 74.5 cm³/mol. The molecule has 0 aliphatic carbocycles. The van der Waals surface area contributed by atoms with Crippen molar-refractivity contribution < 1.29 is 4.74 Å². The maximum absolute atomic E-state index is 5.69. The van der Waals surface area contributed by atoms with E-state index in [-0.39, 0.29) is 0 Å². The summed E-state index contributed by atoms with van der Waals surface area (Å²) in [5.41, 5.74) is 2.83. The van der Waals surface area contributed by atoms with Gasteiger partial charge in [-0.3, -0.25) is 4.90 Å². The van der Waals surface area contributed by atoms with Crippen molar-refractivity contribution >= 4 is 0 Å². The van der Waals surface area contributed by atoms with Crippen molar-refractivity contribution in [2.45, 2.75) is 32.5 Å². The van der Waals surface area contributed by atoms with Crippen LogP contribution in [0, 0.1) is 0 Å². The summed E-state index contributed by atoms with van der Waals surface area (Å²) >= 11 is 0. The van der Waals surface area contributed by atoms with E-state index >= 15 is 0 Å². The number of hydrogen-bond donors (Lipinski definition) is 1. The van der Waals surface area contributed by atoms with Crippen molar-refractivity contribution in [2.24, 2.45) is 0 Å². The largest absolute Gasteiger partial charge is 0.377 e. The Kier molecular flexibility index (Phi) is 5.17. The Morgan fingerprint density at radius 3 is 2.89 bits per heavy atom. The fraction of sp³-hybridized carbons (Fsp3) is 0.600. The molecule has 3 nitrogen and oxygen atoms in total. The molecule has 1 aromatic rings. The first kappa shape index (κ1) is 13.5. The van der Waals surface area contributed by atoms with E-state index < -0.39 is 0 Å². The molecule has 1 N–H and O–H groups in total. The van der Waals surface area contributed by atoms with Gasteiger partial charge < -0.3 is 10.1 Å². The first-order valence-electron chi connectivity index (χ1n) is 6.85. The van der Waals surface area contributed by atoms with Crippen molar-refractivity contribution in [3.63, 3.8) is 0 Å². The number of benzene rings is 1. The number of nitrogens with zero attached hydrogens (tertiary/aromatic N) is 1. The maximum atomic E-state index is 5.69. The SMILES string of the molecule is CNCc1ccccc1CN1CCCOC(C)C1. The van der Waals surface area contributed by atoms with Crippen LogP contribution in [-0.4, -0.2) is 37.7 Å². The maximum Gasteiger partial charge on any atom is 0.0674 e. The van der Waals surface area contributed by atoms with Crippen molar-refractivity contribution in [1.29, 1.82) is 0 Å². The monoisotopic (exact) mass is 248 g/mol. The zero-order valence-corrected chi connectivity index (χ0v) is 11.5. The quantitative estimate of drug-likeness (QED) is 0.882. The van der Waals surface area contributed by atoms with Crippen molar-refractivity contribution in [1.82, 2.24) is 10.2 Å². The van der Waals surface area contributed by atoms with E-state index in [9.17, 15) is 0 Å². The standard InChI is InChI=1S/C15H24N2O/c1-13-11-17(8-5-9-18-13)12-15-7-4-3-6-14(15)10-16-2/h3-4,6-7,13,16H,5,8-12H2,1-2H3. The van der Waals surface area contributed by atoms with E-state index in [2.05, 4.69) is 41.4 Å². The molecule has 0 amide bonds. The third-order valence-corrected chi connectivity index (χ3v) is 3.42. The Morgan fingerprint density at radius 1 is 1.33 bits per heavy atom. The summed E-state index contributed by atoms with van der Waals surface area (Å²) < 4.78 is 5.69. The van der Waals surface area contributed by atoms with Gasteiger partial charge in [0.1, 0.15) is 0 Å². The minimum Gasteiger partial charge on any atom is -0.377 e. The van der Waals surface area contributed by atoms with Crippen molar-refractivity contribution in [2.75, 3.05) is 26.7 Å². The summed E-state index contributed by atoms with van der Waals surface area (Å²) in [5, 5.41) is 3.24. The van der Waals surface area contributed by atoms with Gasteiger partial charge in [-0.1, -0.05) is 24.3 Å². The summed E-state index contributed by atoms with van der Waals surface area (Å²) in [5.74, 6) is 0. The Labute approximate surface area is 110 Å². The molecule has 0 bridgehead atoms. The van der Waals surface area contributed by atoms with Gasteiger partial charge in [0.25, 0.3) is 0 Å². The third-order valence-electron chi connectivity index (χ3n) is 3.42. The summed E-state index contributed by atoms with van der Waals surface area (Å²) in [7, 11) is 2.00. The highest BCUT2D eigenvalue weighted by molar-refractivity contribution is 5.27. The molecule has 1 aromatic carbocycles. The number of nitrogens with one attached hydrogen (secondary N) is 1. The summed E-state index contributed by atoms with van der Waals surface area (Å²) in [6, 6.07) is 8.70. The second-order valence-corrected chi connectivity index (χ2v) is 5.07. The number of rotatable bonds is 4.